The molecule has 1 fully saturated rings. The molecule has 4 nitrogen and oxygen atoms in total. The predicted octanol–water partition coefficient (Wildman–Crippen LogP) is 4.53. The molecular formula is C19H22BrN3O. The number of aromatic nitrogens is 2. The molecule has 1 aromatic carbocycles. The molecule has 5 heteroatoms. The molecule has 0 unspecified atom stereocenters. The summed E-state index contributed by atoms with van der Waals surface area (Å²) in [6.45, 7) is 6.01. The summed E-state index contributed by atoms with van der Waals surface area (Å²) in [5.74, 6) is 0.981. The SMILES string of the molecule is CC(C)(C)NC(=O)c1nn(-c2ccc(Br)cc2)c2c1[C@@H]1CC[C@H]2C1. The van der Waals surface area contributed by atoms with Crippen molar-refractivity contribution in [1.82, 2.24) is 15.1 Å². The minimum absolute atomic E-state index is 0.0536. The number of benzene rings is 1. The molecule has 2 atom stereocenters. The molecule has 2 aromatic rings. The molecule has 0 saturated heterocycles. The number of amides is 1. The quantitative estimate of drug-likeness (QED) is 0.822. The first-order valence-corrected chi connectivity index (χ1v) is 9.34. The summed E-state index contributed by atoms with van der Waals surface area (Å²) in [6.07, 6.45) is 3.55. The minimum atomic E-state index is -0.261. The van der Waals surface area contributed by atoms with Crippen molar-refractivity contribution >= 4 is 21.8 Å². The number of hydrogen-bond donors (Lipinski definition) is 1. The van der Waals surface area contributed by atoms with Crippen molar-refractivity contribution in [2.24, 2.45) is 0 Å². The Labute approximate surface area is 150 Å². The van der Waals surface area contributed by atoms with Crippen LogP contribution in [-0.4, -0.2) is 21.2 Å². The van der Waals surface area contributed by atoms with E-state index in [9.17, 15) is 4.79 Å². The Bertz CT molecular complexity index is 801. The molecule has 4 rings (SSSR count). The van der Waals surface area contributed by atoms with Crippen LogP contribution in [0.5, 0.6) is 0 Å². The van der Waals surface area contributed by atoms with Crippen molar-refractivity contribution in [2.45, 2.75) is 57.4 Å². The molecule has 0 aliphatic heterocycles. The highest BCUT2D eigenvalue weighted by atomic mass is 79.9. The maximum atomic E-state index is 12.8. The molecule has 2 bridgehead atoms. The van der Waals surface area contributed by atoms with Gasteiger partial charge in [0, 0.05) is 21.5 Å². The third-order valence-corrected chi connectivity index (χ3v) is 5.49. The van der Waals surface area contributed by atoms with E-state index >= 15 is 0 Å². The van der Waals surface area contributed by atoms with Gasteiger partial charge in [0.05, 0.1) is 11.4 Å². The summed E-state index contributed by atoms with van der Waals surface area (Å²) in [6, 6.07) is 8.14. The first-order valence-electron chi connectivity index (χ1n) is 8.55. The third-order valence-electron chi connectivity index (χ3n) is 4.96. The fourth-order valence-electron chi connectivity index (χ4n) is 4.08. The topological polar surface area (TPSA) is 46.9 Å². The highest BCUT2D eigenvalue weighted by Crippen LogP contribution is 2.54. The molecule has 126 valence electrons. The van der Waals surface area contributed by atoms with Crippen LogP contribution in [0.4, 0.5) is 0 Å². The number of hydrogen-bond acceptors (Lipinski definition) is 2. The average molecular weight is 388 g/mol. The number of rotatable bonds is 2. The monoisotopic (exact) mass is 387 g/mol. The Morgan fingerprint density at radius 3 is 2.54 bits per heavy atom. The molecule has 24 heavy (non-hydrogen) atoms. The van der Waals surface area contributed by atoms with E-state index in [0.717, 1.165) is 10.2 Å². The van der Waals surface area contributed by atoms with Crippen molar-refractivity contribution in [3.8, 4) is 5.69 Å². The molecule has 1 saturated carbocycles. The van der Waals surface area contributed by atoms with Gasteiger partial charge in [0.2, 0.25) is 0 Å². The molecule has 1 N–H and O–H groups in total. The predicted molar refractivity (Wildman–Crippen MR) is 97.8 cm³/mol. The summed E-state index contributed by atoms with van der Waals surface area (Å²) >= 11 is 3.48. The molecule has 0 spiro atoms. The Morgan fingerprint density at radius 1 is 1.21 bits per heavy atom. The summed E-state index contributed by atoms with van der Waals surface area (Å²) in [4.78, 5) is 12.8. The normalized spacial score (nSPS) is 21.8. The van der Waals surface area contributed by atoms with Gasteiger partial charge in [-0.1, -0.05) is 15.9 Å². The van der Waals surface area contributed by atoms with Crippen LogP contribution in [0.1, 0.15) is 73.6 Å². The fraction of sp³-hybridized carbons (Fsp3) is 0.474. The van der Waals surface area contributed by atoms with E-state index in [4.69, 9.17) is 5.10 Å². The van der Waals surface area contributed by atoms with Crippen LogP contribution in [0.15, 0.2) is 28.7 Å². The Morgan fingerprint density at radius 2 is 1.88 bits per heavy atom. The van der Waals surface area contributed by atoms with E-state index in [0.29, 0.717) is 17.5 Å². The van der Waals surface area contributed by atoms with Crippen molar-refractivity contribution in [3.05, 3.63) is 45.7 Å². The second kappa shape index (κ2) is 5.45. The molecule has 1 amide bonds. The zero-order valence-electron chi connectivity index (χ0n) is 14.3. The second-order valence-electron chi connectivity index (χ2n) is 7.95. The number of halogens is 1. The van der Waals surface area contributed by atoms with Gasteiger partial charge in [-0.15, -0.1) is 0 Å². The Balaban J connectivity index is 1.82. The first-order chi connectivity index (χ1) is 11.3. The van der Waals surface area contributed by atoms with Crippen LogP contribution >= 0.6 is 15.9 Å². The van der Waals surface area contributed by atoms with Gasteiger partial charge in [-0.05, 0) is 70.2 Å². The number of nitrogens with one attached hydrogen (secondary N) is 1. The van der Waals surface area contributed by atoms with Crippen molar-refractivity contribution in [1.29, 1.82) is 0 Å². The number of carbonyl (C=O) groups excluding carboxylic acids is 1. The van der Waals surface area contributed by atoms with Crippen LogP contribution in [0, 0.1) is 0 Å². The standard InChI is InChI=1S/C19H22BrN3O/c1-19(2,3)21-18(24)16-15-11-4-5-12(10-11)17(15)23(22-16)14-8-6-13(20)7-9-14/h6-9,11-12H,4-5,10H2,1-3H3,(H,21,24)/t11-,12+/m1/s1. The average Bonchev–Trinajstić information content (AvgIpc) is 3.18. The number of fused-ring (bicyclic) bond motifs is 5. The lowest BCUT2D eigenvalue weighted by molar-refractivity contribution is 0.0912. The second-order valence-corrected chi connectivity index (χ2v) is 8.86. The van der Waals surface area contributed by atoms with Crippen LogP contribution in [-0.2, 0) is 0 Å². The lowest BCUT2D eigenvalue weighted by Crippen LogP contribution is -2.41. The van der Waals surface area contributed by atoms with Gasteiger partial charge in [0.1, 0.15) is 0 Å². The van der Waals surface area contributed by atoms with E-state index in [1.165, 1.54) is 30.5 Å². The van der Waals surface area contributed by atoms with Crippen LogP contribution in [0.2, 0.25) is 0 Å². The maximum Gasteiger partial charge on any atom is 0.272 e. The van der Waals surface area contributed by atoms with Crippen molar-refractivity contribution in [2.75, 3.05) is 0 Å². The third kappa shape index (κ3) is 2.59. The van der Waals surface area contributed by atoms with Gasteiger partial charge >= 0.3 is 0 Å². The van der Waals surface area contributed by atoms with Gasteiger partial charge in [-0.25, -0.2) is 4.68 Å². The van der Waals surface area contributed by atoms with Gasteiger partial charge in [0.25, 0.3) is 5.91 Å². The Kier molecular flexibility index (Phi) is 3.60. The van der Waals surface area contributed by atoms with E-state index in [1.807, 2.05) is 37.6 Å². The molecular weight excluding hydrogens is 366 g/mol. The van der Waals surface area contributed by atoms with E-state index in [1.54, 1.807) is 0 Å². The van der Waals surface area contributed by atoms with Crippen LogP contribution in [0.3, 0.4) is 0 Å². The molecule has 1 aromatic heterocycles. The van der Waals surface area contributed by atoms with Crippen LogP contribution < -0.4 is 5.32 Å². The highest BCUT2D eigenvalue weighted by molar-refractivity contribution is 9.10. The molecule has 1 heterocycles. The lowest BCUT2D eigenvalue weighted by atomic mass is 9.95. The largest absolute Gasteiger partial charge is 0.346 e. The maximum absolute atomic E-state index is 12.8. The van der Waals surface area contributed by atoms with E-state index < -0.39 is 0 Å². The van der Waals surface area contributed by atoms with Crippen molar-refractivity contribution < 1.29 is 4.79 Å². The van der Waals surface area contributed by atoms with E-state index in [-0.39, 0.29) is 11.4 Å². The minimum Gasteiger partial charge on any atom is -0.346 e. The summed E-state index contributed by atoms with van der Waals surface area (Å²) in [7, 11) is 0. The van der Waals surface area contributed by atoms with Gasteiger partial charge in [-0.2, -0.15) is 5.10 Å². The van der Waals surface area contributed by atoms with Crippen molar-refractivity contribution in [3.63, 3.8) is 0 Å². The number of nitrogens with zero attached hydrogens (tertiary/aromatic N) is 2. The van der Waals surface area contributed by atoms with E-state index in [2.05, 4.69) is 33.4 Å². The molecule has 2 aliphatic carbocycles. The zero-order valence-corrected chi connectivity index (χ0v) is 15.9. The van der Waals surface area contributed by atoms with Gasteiger partial charge in [0.15, 0.2) is 5.69 Å². The lowest BCUT2D eigenvalue weighted by Gasteiger charge is -2.20. The fourth-order valence-corrected chi connectivity index (χ4v) is 4.34. The van der Waals surface area contributed by atoms with Gasteiger partial charge in [-0.3, -0.25) is 4.79 Å². The summed E-state index contributed by atoms with van der Waals surface area (Å²) in [5.41, 5.74) is 3.83. The molecule has 0 radical (unpaired) electrons. The first kappa shape index (κ1) is 15.9. The van der Waals surface area contributed by atoms with Gasteiger partial charge < -0.3 is 5.32 Å². The number of carbonyl (C=O) groups is 1. The Hall–Kier alpha value is -1.62. The summed E-state index contributed by atoms with van der Waals surface area (Å²) in [5, 5.41) is 7.82. The molecule has 2 aliphatic rings. The summed E-state index contributed by atoms with van der Waals surface area (Å²) < 4.78 is 3.05. The smallest absolute Gasteiger partial charge is 0.272 e. The zero-order chi connectivity index (χ0) is 17.1. The van der Waals surface area contributed by atoms with Crippen LogP contribution in [0.25, 0.3) is 5.69 Å². The highest BCUT2D eigenvalue weighted by Gasteiger charge is 2.44.